The molecule has 1 aromatic carbocycles. The molecule has 0 atom stereocenters. The average molecular weight is 210 g/mol. The number of hydrogen-bond donors (Lipinski definition) is 0. The van der Waals surface area contributed by atoms with Crippen molar-refractivity contribution >= 4 is 6.08 Å². The lowest BCUT2D eigenvalue weighted by Gasteiger charge is -1.91. The first-order valence-electron chi connectivity index (χ1n) is 5.34. The summed E-state index contributed by atoms with van der Waals surface area (Å²) in [6.45, 7) is 8.00. The molecule has 0 saturated carbocycles. The van der Waals surface area contributed by atoms with Gasteiger partial charge in [-0.1, -0.05) is 58.0 Å². The molecule has 0 spiro atoms. The van der Waals surface area contributed by atoms with Crippen molar-refractivity contribution in [3.63, 3.8) is 0 Å². The van der Waals surface area contributed by atoms with Gasteiger partial charge in [0.15, 0.2) is 0 Å². The van der Waals surface area contributed by atoms with Gasteiger partial charge in [-0.2, -0.15) is 4.89 Å². The van der Waals surface area contributed by atoms with E-state index in [9.17, 15) is 0 Å². The molecule has 0 heterocycles. The molecular weight excluding hydrogens is 188 g/mol. The maximum absolute atomic E-state index is 4.56. The summed E-state index contributed by atoms with van der Waals surface area (Å²) in [5, 5.41) is 0. The molecule has 1 rings (SSSR count). The van der Waals surface area contributed by atoms with Crippen molar-refractivity contribution in [1.29, 1.82) is 0 Å². The molecule has 0 aliphatic heterocycles. The van der Waals surface area contributed by atoms with E-state index < -0.39 is 0 Å². The van der Waals surface area contributed by atoms with Gasteiger partial charge in [0.25, 0.3) is 0 Å². The molecule has 0 saturated heterocycles. The standard InChI is InChI=1S/C9H10O2.2C2H6/c1-10-11-8-7-9-5-3-2-4-6-9;2*1-2/h2-8H,1H3;2*1-2H3. The van der Waals surface area contributed by atoms with Crippen LogP contribution in [-0.4, -0.2) is 7.11 Å². The van der Waals surface area contributed by atoms with Crippen LogP contribution in [0, 0.1) is 0 Å². The van der Waals surface area contributed by atoms with Crippen LogP contribution in [0.4, 0.5) is 0 Å². The zero-order valence-electron chi connectivity index (χ0n) is 10.4. The molecule has 0 bridgehead atoms. The van der Waals surface area contributed by atoms with Crippen molar-refractivity contribution in [1.82, 2.24) is 0 Å². The molecule has 0 amide bonds. The van der Waals surface area contributed by atoms with Gasteiger partial charge in [0.05, 0.1) is 7.11 Å². The monoisotopic (exact) mass is 210 g/mol. The van der Waals surface area contributed by atoms with Gasteiger partial charge in [0.2, 0.25) is 0 Å². The summed E-state index contributed by atoms with van der Waals surface area (Å²) in [6, 6.07) is 9.86. The van der Waals surface area contributed by atoms with E-state index >= 15 is 0 Å². The molecule has 0 radical (unpaired) electrons. The van der Waals surface area contributed by atoms with Crippen molar-refractivity contribution in [3.05, 3.63) is 42.2 Å². The van der Waals surface area contributed by atoms with Gasteiger partial charge in [0, 0.05) is 0 Å². The van der Waals surface area contributed by atoms with Crippen molar-refractivity contribution in [2.75, 3.05) is 7.11 Å². The summed E-state index contributed by atoms with van der Waals surface area (Å²) in [5.74, 6) is 0. The van der Waals surface area contributed by atoms with Gasteiger partial charge in [-0.3, -0.25) is 0 Å². The first kappa shape index (κ1) is 16.2. The molecule has 15 heavy (non-hydrogen) atoms. The summed E-state index contributed by atoms with van der Waals surface area (Å²) < 4.78 is 0. The molecule has 0 aliphatic carbocycles. The third kappa shape index (κ3) is 10.6. The Labute approximate surface area is 93.5 Å². The van der Waals surface area contributed by atoms with Crippen molar-refractivity contribution in [2.24, 2.45) is 0 Å². The Morgan fingerprint density at radius 3 is 1.93 bits per heavy atom. The molecule has 0 N–H and O–H groups in total. The Hall–Kier alpha value is -1.28. The van der Waals surface area contributed by atoms with E-state index in [1.54, 1.807) is 0 Å². The predicted octanol–water partition coefficient (Wildman–Crippen LogP) is 4.29. The maximum atomic E-state index is 4.56. The lowest BCUT2D eigenvalue weighted by molar-refractivity contribution is -0.221. The third-order valence-corrected chi connectivity index (χ3v) is 1.21. The Balaban J connectivity index is 0. The van der Waals surface area contributed by atoms with Gasteiger partial charge in [-0.15, -0.1) is 0 Å². The molecule has 0 aromatic heterocycles. The van der Waals surface area contributed by atoms with Crippen molar-refractivity contribution < 1.29 is 9.78 Å². The summed E-state index contributed by atoms with van der Waals surface area (Å²) in [4.78, 5) is 8.93. The van der Waals surface area contributed by atoms with Gasteiger partial charge in [-0.05, 0) is 11.6 Å². The maximum Gasteiger partial charge on any atom is 0.130 e. The molecule has 0 unspecified atom stereocenters. The van der Waals surface area contributed by atoms with E-state index in [0.29, 0.717) is 0 Å². The Morgan fingerprint density at radius 1 is 0.933 bits per heavy atom. The third-order valence-electron chi connectivity index (χ3n) is 1.21. The average Bonchev–Trinajstić information content (AvgIpc) is 2.36. The van der Waals surface area contributed by atoms with Crippen LogP contribution in [0.2, 0.25) is 0 Å². The second-order valence-corrected chi connectivity index (χ2v) is 1.98. The lowest BCUT2D eigenvalue weighted by atomic mass is 10.2. The molecule has 86 valence electrons. The van der Waals surface area contributed by atoms with Crippen molar-refractivity contribution in [2.45, 2.75) is 27.7 Å². The molecule has 0 fully saturated rings. The normalized spacial score (nSPS) is 8.33. The highest BCUT2D eigenvalue weighted by Gasteiger charge is 1.80. The van der Waals surface area contributed by atoms with E-state index in [-0.39, 0.29) is 0 Å². The zero-order chi connectivity index (χ0) is 11.9. The van der Waals surface area contributed by atoms with E-state index in [2.05, 4.69) is 9.78 Å². The van der Waals surface area contributed by atoms with Gasteiger partial charge < -0.3 is 4.89 Å². The van der Waals surface area contributed by atoms with E-state index in [4.69, 9.17) is 0 Å². The van der Waals surface area contributed by atoms with Crippen LogP contribution in [0.5, 0.6) is 0 Å². The molecule has 2 heteroatoms. The fourth-order valence-electron chi connectivity index (χ4n) is 0.726. The molecule has 0 aliphatic rings. The largest absolute Gasteiger partial charge is 0.346 e. The second-order valence-electron chi connectivity index (χ2n) is 1.98. The van der Waals surface area contributed by atoms with Crippen LogP contribution < -0.4 is 0 Å². The fourth-order valence-corrected chi connectivity index (χ4v) is 0.726. The zero-order valence-corrected chi connectivity index (χ0v) is 10.4. The molecule has 2 nitrogen and oxygen atoms in total. The Kier molecular flexibility index (Phi) is 16.4. The van der Waals surface area contributed by atoms with Crippen LogP contribution in [0.15, 0.2) is 36.6 Å². The SMILES string of the molecule is CC.CC.COOC=Cc1ccccc1. The van der Waals surface area contributed by atoms with Crippen molar-refractivity contribution in [3.8, 4) is 0 Å². The highest BCUT2D eigenvalue weighted by atomic mass is 17.2. The quantitative estimate of drug-likeness (QED) is 0.421. The van der Waals surface area contributed by atoms with Crippen LogP contribution in [0.3, 0.4) is 0 Å². The van der Waals surface area contributed by atoms with Crippen LogP contribution in [-0.2, 0) is 9.78 Å². The van der Waals surface area contributed by atoms with Crippen LogP contribution >= 0.6 is 0 Å². The van der Waals surface area contributed by atoms with E-state index in [0.717, 1.165) is 5.56 Å². The van der Waals surface area contributed by atoms with E-state index in [1.165, 1.54) is 13.4 Å². The summed E-state index contributed by atoms with van der Waals surface area (Å²) in [7, 11) is 1.47. The second kappa shape index (κ2) is 15.2. The minimum atomic E-state index is 1.09. The molecule has 1 aromatic rings. The minimum absolute atomic E-state index is 1.09. The highest BCUT2D eigenvalue weighted by Crippen LogP contribution is 2.00. The number of hydrogen-bond acceptors (Lipinski definition) is 2. The van der Waals surface area contributed by atoms with Crippen LogP contribution in [0.25, 0.3) is 6.08 Å². The Bertz CT molecular complexity index is 217. The first-order valence-corrected chi connectivity index (χ1v) is 5.34. The number of benzene rings is 1. The first-order chi connectivity index (χ1) is 7.43. The lowest BCUT2D eigenvalue weighted by Crippen LogP contribution is -1.75. The summed E-state index contributed by atoms with van der Waals surface area (Å²) >= 11 is 0. The minimum Gasteiger partial charge on any atom is -0.346 e. The van der Waals surface area contributed by atoms with Gasteiger partial charge >= 0.3 is 0 Å². The Morgan fingerprint density at radius 2 is 1.47 bits per heavy atom. The summed E-state index contributed by atoms with van der Waals surface area (Å²) in [6.07, 6.45) is 3.32. The topological polar surface area (TPSA) is 18.5 Å². The number of rotatable bonds is 3. The fraction of sp³-hybridized carbons (Fsp3) is 0.385. The highest BCUT2D eigenvalue weighted by molar-refractivity contribution is 5.47. The summed E-state index contributed by atoms with van der Waals surface area (Å²) in [5.41, 5.74) is 1.09. The van der Waals surface area contributed by atoms with Gasteiger partial charge in [0.1, 0.15) is 6.26 Å². The predicted molar refractivity (Wildman–Crippen MR) is 66.3 cm³/mol. The molecular formula is C13H22O2. The van der Waals surface area contributed by atoms with E-state index in [1.807, 2.05) is 64.1 Å². The van der Waals surface area contributed by atoms with Gasteiger partial charge in [-0.25, -0.2) is 0 Å². The van der Waals surface area contributed by atoms with Crippen LogP contribution in [0.1, 0.15) is 33.3 Å². The smallest absolute Gasteiger partial charge is 0.130 e.